The Balaban J connectivity index is 1.79. The topological polar surface area (TPSA) is 41.1 Å². The molecule has 3 rings (SSSR count). The molecule has 3 heteroatoms. The number of hydrogen-bond donors (Lipinski definition) is 2. The van der Waals surface area contributed by atoms with Crippen molar-refractivity contribution in [2.75, 3.05) is 6.54 Å². The molecule has 3 atom stereocenters. The van der Waals surface area contributed by atoms with E-state index >= 15 is 0 Å². The van der Waals surface area contributed by atoms with Crippen LogP contribution in [0.15, 0.2) is 30.3 Å². The third kappa shape index (κ3) is 2.07. The van der Waals surface area contributed by atoms with Crippen LogP contribution in [-0.2, 0) is 4.79 Å². The molecule has 0 aliphatic carbocycles. The fraction of sp³-hybridized carbons (Fsp3) is 0.500. The Kier molecular flexibility index (Phi) is 2.85. The molecule has 0 bridgehead atoms. The minimum atomic E-state index is 0.0451. The molecule has 2 fully saturated rings. The van der Waals surface area contributed by atoms with Crippen molar-refractivity contribution in [2.45, 2.75) is 31.3 Å². The van der Waals surface area contributed by atoms with E-state index in [1.807, 2.05) is 18.2 Å². The Morgan fingerprint density at radius 2 is 2.00 bits per heavy atom. The van der Waals surface area contributed by atoms with Crippen molar-refractivity contribution < 1.29 is 4.79 Å². The van der Waals surface area contributed by atoms with Gasteiger partial charge in [-0.15, -0.1) is 0 Å². The van der Waals surface area contributed by atoms with Crippen molar-refractivity contribution in [3.63, 3.8) is 0 Å². The first kappa shape index (κ1) is 10.8. The Labute approximate surface area is 102 Å². The van der Waals surface area contributed by atoms with Crippen LogP contribution in [-0.4, -0.2) is 18.5 Å². The van der Waals surface area contributed by atoms with Gasteiger partial charge in [0, 0.05) is 0 Å². The largest absolute Gasteiger partial charge is 0.348 e. The number of hydrogen-bond acceptors (Lipinski definition) is 2. The summed E-state index contributed by atoms with van der Waals surface area (Å²) in [4.78, 5) is 12.0. The molecule has 2 saturated heterocycles. The third-order valence-electron chi connectivity index (χ3n) is 3.93. The summed E-state index contributed by atoms with van der Waals surface area (Å²) in [5, 5.41) is 6.46. The molecule has 0 aromatic heterocycles. The zero-order chi connectivity index (χ0) is 11.7. The molecule has 1 aromatic carbocycles. The predicted molar refractivity (Wildman–Crippen MR) is 66.5 cm³/mol. The number of nitrogens with one attached hydrogen (secondary N) is 2. The Hall–Kier alpha value is -1.35. The minimum absolute atomic E-state index is 0.0451. The molecular formula is C14H18N2O. The summed E-state index contributed by atoms with van der Waals surface area (Å²) in [6.45, 7) is 0.977. The van der Waals surface area contributed by atoms with Gasteiger partial charge in [-0.1, -0.05) is 30.3 Å². The quantitative estimate of drug-likeness (QED) is 0.769. The van der Waals surface area contributed by atoms with Crippen molar-refractivity contribution in [1.82, 2.24) is 10.6 Å². The van der Waals surface area contributed by atoms with Crippen LogP contribution in [0.1, 0.15) is 30.9 Å². The van der Waals surface area contributed by atoms with Gasteiger partial charge < -0.3 is 10.6 Å². The van der Waals surface area contributed by atoms with Gasteiger partial charge in [-0.05, 0) is 37.3 Å². The summed E-state index contributed by atoms with van der Waals surface area (Å²) in [6.07, 6.45) is 3.43. The van der Waals surface area contributed by atoms with Crippen LogP contribution in [0.5, 0.6) is 0 Å². The summed E-state index contributed by atoms with van der Waals surface area (Å²) in [5.41, 5.74) is 1.23. The number of fused-ring (bicyclic) bond motifs is 1. The van der Waals surface area contributed by atoms with E-state index in [-0.39, 0.29) is 18.0 Å². The van der Waals surface area contributed by atoms with Gasteiger partial charge in [-0.25, -0.2) is 0 Å². The highest BCUT2D eigenvalue weighted by Gasteiger charge is 2.37. The maximum atomic E-state index is 12.0. The van der Waals surface area contributed by atoms with Gasteiger partial charge in [0.2, 0.25) is 5.91 Å². The van der Waals surface area contributed by atoms with Gasteiger partial charge in [-0.2, -0.15) is 0 Å². The third-order valence-corrected chi connectivity index (χ3v) is 3.93. The average molecular weight is 230 g/mol. The van der Waals surface area contributed by atoms with Crippen molar-refractivity contribution in [3.05, 3.63) is 35.9 Å². The first-order chi connectivity index (χ1) is 8.34. The molecule has 2 N–H and O–H groups in total. The van der Waals surface area contributed by atoms with Gasteiger partial charge in [0.25, 0.3) is 0 Å². The summed E-state index contributed by atoms with van der Waals surface area (Å²) < 4.78 is 0. The van der Waals surface area contributed by atoms with Gasteiger partial charge in [0.1, 0.15) is 0 Å². The predicted octanol–water partition coefficient (Wildman–Crippen LogP) is 1.62. The molecule has 0 spiro atoms. The van der Waals surface area contributed by atoms with Crippen LogP contribution in [0.2, 0.25) is 0 Å². The maximum absolute atomic E-state index is 12.0. The molecule has 3 nitrogen and oxygen atoms in total. The minimum Gasteiger partial charge on any atom is -0.348 e. The molecule has 2 heterocycles. The van der Waals surface area contributed by atoms with Crippen molar-refractivity contribution in [1.29, 1.82) is 0 Å². The number of piperidine rings is 2. The standard InChI is InChI=1S/C14H18N2O/c17-14-13-11(7-4-8-15-13)9-12(16-14)10-5-2-1-3-6-10/h1-3,5-6,11-13,15H,4,7-9H2,(H,16,17). The lowest BCUT2D eigenvalue weighted by Crippen LogP contribution is -2.56. The Morgan fingerprint density at radius 1 is 1.18 bits per heavy atom. The average Bonchev–Trinajstić information content (AvgIpc) is 2.40. The molecule has 17 heavy (non-hydrogen) atoms. The summed E-state index contributed by atoms with van der Waals surface area (Å²) >= 11 is 0. The second-order valence-electron chi connectivity index (χ2n) is 5.04. The van der Waals surface area contributed by atoms with E-state index in [1.54, 1.807) is 0 Å². The second-order valence-corrected chi connectivity index (χ2v) is 5.04. The van der Waals surface area contributed by atoms with Crippen molar-refractivity contribution in [3.8, 4) is 0 Å². The summed E-state index contributed by atoms with van der Waals surface area (Å²) in [6, 6.07) is 10.5. The summed E-state index contributed by atoms with van der Waals surface area (Å²) in [5.74, 6) is 0.678. The Bertz CT molecular complexity index is 404. The molecule has 2 aliphatic rings. The molecule has 1 aromatic rings. The van der Waals surface area contributed by atoms with Crippen LogP contribution < -0.4 is 10.6 Å². The lowest BCUT2D eigenvalue weighted by molar-refractivity contribution is -0.128. The molecule has 90 valence electrons. The number of benzene rings is 1. The molecule has 0 saturated carbocycles. The van der Waals surface area contributed by atoms with Crippen LogP contribution in [0, 0.1) is 5.92 Å². The number of amides is 1. The maximum Gasteiger partial charge on any atom is 0.237 e. The fourth-order valence-electron chi connectivity index (χ4n) is 3.04. The zero-order valence-corrected chi connectivity index (χ0v) is 9.86. The highest BCUT2D eigenvalue weighted by atomic mass is 16.2. The summed E-state index contributed by atoms with van der Waals surface area (Å²) in [7, 11) is 0. The van der Waals surface area contributed by atoms with Gasteiger partial charge in [0.15, 0.2) is 0 Å². The van der Waals surface area contributed by atoms with Crippen LogP contribution in [0.25, 0.3) is 0 Å². The number of carbonyl (C=O) groups excluding carboxylic acids is 1. The van der Waals surface area contributed by atoms with Crippen molar-refractivity contribution in [2.24, 2.45) is 5.92 Å². The normalized spacial score (nSPS) is 32.7. The first-order valence-electron chi connectivity index (χ1n) is 6.43. The molecule has 2 aliphatic heterocycles. The van der Waals surface area contributed by atoms with Gasteiger partial charge in [0.05, 0.1) is 12.1 Å². The van der Waals surface area contributed by atoms with Gasteiger partial charge >= 0.3 is 0 Å². The first-order valence-corrected chi connectivity index (χ1v) is 6.43. The van der Waals surface area contributed by atoms with Crippen molar-refractivity contribution >= 4 is 5.91 Å². The molecule has 3 unspecified atom stereocenters. The highest BCUT2D eigenvalue weighted by molar-refractivity contribution is 5.83. The Morgan fingerprint density at radius 3 is 2.82 bits per heavy atom. The van der Waals surface area contributed by atoms with E-state index in [4.69, 9.17) is 0 Å². The van der Waals surface area contributed by atoms with E-state index in [9.17, 15) is 4.79 Å². The van der Waals surface area contributed by atoms with Gasteiger partial charge in [-0.3, -0.25) is 4.79 Å². The lowest BCUT2D eigenvalue weighted by Gasteiger charge is -2.39. The zero-order valence-electron chi connectivity index (χ0n) is 9.86. The highest BCUT2D eigenvalue weighted by Crippen LogP contribution is 2.32. The fourth-order valence-corrected chi connectivity index (χ4v) is 3.04. The molecule has 0 radical (unpaired) electrons. The monoisotopic (exact) mass is 230 g/mol. The number of rotatable bonds is 1. The van der Waals surface area contributed by atoms with E-state index in [0.29, 0.717) is 5.92 Å². The van der Waals surface area contributed by atoms with E-state index in [1.165, 1.54) is 18.4 Å². The van der Waals surface area contributed by atoms with Crippen LogP contribution in [0.3, 0.4) is 0 Å². The van der Waals surface area contributed by atoms with Crippen LogP contribution in [0.4, 0.5) is 0 Å². The smallest absolute Gasteiger partial charge is 0.237 e. The SMILES string of the molecule is O=C1NC(c2ccccc2)CC2CCCNC12. The number of carbonyl (C=O) groups is 1. The molecular weight excluding hydrogens is 212 g/mol. The molecule has 1 amide bonds. The van der Waals surface area contributed by atoms with Crippen LogP contribution >= 0.6 is 0 Å². The lowest BCUT2D eigenvalue weighted by atomic mass is 9.80. The van der Waals surface area contributed by atoms with E-state index in [0.717, 1.165) is 13.0 Å². The van der Waals surface area contributed by atoms with E-state index in [2.05, 4.69) is 22.8 Å². The second kappa shape index (κ2) is 4.49. The van der Waals surface area contributed by atoms with E-state index < -0.39 is 0 Å².